The summed E-state index contributed by atoms with van der Waals surface area (Å²) < 4.78 is 39.4. The first-order chi connectivity index (χ1) is 12.8. The summed E-state index contributed by atoms with van der Waals surface area (Å²) in [5.41, 5.74) is 2.41. The molecule has 6 heteroatoms. The lowest BCUT2D eigenvalue weighted by atomic mass is 9.75. The normalized spacial score (nSPS) is 23.5. The Morgan fingerprint density at radius 3 is 2.70 bits per heavy atom. The van der Waals surface area contributed by atoms with Crippen LogP contribution in [0.15, 0.2) is 48.6 Å². The topological polar surface area (TPSA) is 49.3 Å². The summed E-state index contributed by atoms with van der Waals surface area (Å²) in [6.45, 7) is 1.73. The molecule has 0 amide bonds. The van der Waals surface area contributed by atoms with E-state index in [1.807, 2.05) is 12.1 Å². The van der Waals surface area contributed by atoms with Gasteiger partial charge in [-0.3, -0.25) is 0 Å². The number of fused-ring (bicyclic) bond motifs is 3. The van der Waals surface area contributed by atoms with Crippen LogP contribution in [0.5, 0.6) is 0 Å². The van der Waals surface area contributed by atoms with Gasteiger partial charge in [-0.2, -0.15) is 13.2 Å². The first kappa shape index (κ1) is 17.6. The van der Waals surface area contributed by atoms with Crippen molar-refractivity contribution in [2.45, 2.75) is 31.5 Å². The Balaban J connectivity index is 1.82. The Bertz CT molecular complexity index is 949. The van der Waals surface area contributed by atoms with Gasteiger partial charge in [0.1, 0.15) is 0 Å². The van der Waals surface area contributed by atoms with Crippen molar-refractivity contribution in [2.24, 2.45) is 5.92 Å². The molecular formula is C21H18F3NO2. The van der Waals surface area contributed by atoms with Gasteiger partial charge in [0.25, 0.3) is 0 Å². The minimum Gasteiger partial charge on any atom is -0.478 e. The van der Waals surface area contributed by atoms with E-state index < -0.39 is 17.7 Å². The predicted molar refractivity (Wildman–Crippen MR) is 95.9 cm³/mol. The highest BCUT2D eigenvalue weighted by molar-refractivity contribution is 5.92. The van der Waals surface area contributed by atoms with Gasteiger partial charge in [-0.15, -0.1) is 0 Å². The quantitative estimate of drug-likeness (QED) is 0.680. The van der Waals surface area contributed by atoms with Gasteiger partial charge in [0.05, 0.1) is 17.2 Å². The molecule has 3 nitrogen and oxygen atoms in total. The van der Waals surface area contributed by atoms with E-state index in [1.54, 1.807) is 19.1 Å². The van der Waals surface area contributed by atoms with Gasteiger partial charge in [0.15, 0.2) is 0 Å². The van der Waals surface area contributed by atoms with Crippen molar-refractivity contribution in [3.63, 3.8) is 0 Å². The summed E-state index contributed by atoms with van der Waals surface area (Å²) in [6.07, 6.45) is 0.484. The van der Waals surface area contributed by atoms with Crippen molar-refractivity contribution >= 4 is 11.7 Å². The third-order valence-corrected chi connectivity index (χ3v) is 5.60. The molecule has 27 heavy (non-hydrogen) atoms. The largest absolute Gasteiger partial charge is 0.478 e. The second-order valence-corrected chi connectivity index (χ2v) is 7.11. The zero-order valence-electron chi connectivity index (χ0n) is 14.5. The predicted octanol–water partition coefficient (Wildman–Crippen LogP) is 5.54. The lowest BCUT2D eigenvalue weighted by molar-refractivity contribution is -0.137. The number of alkyl halides is 3. The Morgan fingerprint density at radius 1 is 1.22 bits per heavy atom. The molecule has 0 fully saturated rings. The molecule has 0 aromatic heterocycles. The monoisotopic (exact) mass is 373 g/mol. The van der Waals surface area contributed by atoms with Crippen LogP contribution in [0.3, 0.4) is 0 Å². The van der Waals surface area contributed by atoms with Gasteiger partial charge < -0.3 is 10.4 Å². The van der Waals surface area contributed by atoms with Crippen molar-refractivity contribution in [1.29, 1.82) is 0 Å². The standard InChI is InChI=1S/C21H18F3NO2/c1-11-14(20(26)27)8-9-17-15-6-3-7-16(15)19(25-18(11)17)12-4-2-5-13(10-12)21(22,23)24/h2-6,8-10,15-16,19,25H,7H2,1H3,(H,26,27)/t15-,16-,19+/m0/s1. The fourth-order valence-electron chi connectivity index (χ4n) is 4.28. The number of allylic oxidation sites excluding steroid dienone is 2. The molecule has 2 aromatic rings. The minimum absolute atomic E-state index is 0.0577. The SMILES string of the molecule is Cc1c(C(=O)O)ccc2c1N[C@H](c1cccc(C(F)(F)F)c1)[C@H]1CC=C[C@H]21. The van der Waals surface area contributed by atoms with Crippen molar-refractivity contribution in [3.05, 3.63) is 76.4 Å². The smallest absolute Gasteiger partial charge is 0.416 e. The maximum Gasteiger partial charge on any atom is 0.416 e. The van der Waals surface area contributed by atoms with Crippen LogP contribution in [0.1, 0.15) is 51.0 Å². The van der Waals surface area contributed by atoms with Gasteiger partial charge in [0, 0.05) is 11.6 Å². The molecule has 2 aliphatic rings. The number of benzene rings is 2. The van der Waals surface area contributed by atoms with Crippen LogP contribution < -0.4 is 5.32 Å². The molecule has 2 N–H and O–H groups in total. The zero-order valence-corrected chi connectivity index (χ0v) is 14.5. The average Bonchev–Trinajstić information content (AvgIpc) is 3.10. The van der Waals surface area contributed by atoms with Crippen molar-refractivity contribution in [3.8, 4) is 0 Å². The maximum atomic E-state index is 13.1. The number of halogens is 3. The second-order valence-electron chi connectivity index (χ2n) is 7.11. The van der Waals surface area contributed by atoms with E-state index >= 15 is 0 Å². The molecule has 0 saturated heterocycles. The van der Waals surface area contributed by atoms with E-state index in [-0.39, 0.29) is 23.4 Å². The summed E-state index contributed by atoms with van der Waals surface area (Å²) >= 11 is 0. The molecule has 1 aliphatic heterocycles. The van der Waals surface area contributed by atoms with Gasteiger partial charge in [-0.25, -0.2) is 4.79 Å². The van der Waals surface area contributed by atoms with E-state index in [9.17, 15) is 23.1 Å². The Morgan fingerprint density at radius 2 is 2.00 bits per heavy atom. The van der Waals surface area contributed by atoms with Crippen LogP contribution in [0, 0.1) is 12.8 Å². The highest BCUT2D eigenvalue weighted by Crippen LogP contribution is 2.51. The average molecular weight is 373 g/mol. The number of anilines is 1. The molecule has 3 atom stereocenters. The van der Waals surface area contributed by atoms with Gasteiger partial charge in [0.2, 0.25) is 0 Å². The van der Waals surface area contributed by atoms with Crippen molar-refractivity contribution < 1.29 is 23.1 Å². The summed E-state index contributed by atoms with van der Waals surface area (Å²) in [7, 11) is 0. The fraction of sp³-hybridized carbons (Fsp3) is 0.286. The number of rotatable bonds is 2. The fourth-order valence-corrected chi connectivity index (χ4v) is 4.28. The molecule has 1 heterocycles. The Kier molecular flexibility index (Phi) is 4.02. The van der Waals surface area contributed by atoms with Crippen molar-refractivity contribution in [2.75, 3.05) is 5.32 Å². The number of carboxylic acids is 1. The molecule has 0 saturated carbocycles. The number of carbonyl (C=O) groups is 1. The third-order valence-electron chi connectivity index (χ3n) is 5.60. The molecule has 1 aliphatic carbocycles. The summed E-state index contributed by atoms with van der Waals surface area (Å²) in [5.74, 6) is -0.866. The van der Waals surface area contributed by atoms with Crippen LogP contribution in [-0.2, 0) is 6.18 Å². The lowest BCUT2D eigenvalue weighted by Gasteiger charge is -2.38. The third kappa shape index (κ3) is 2.89. The molecule has 0 bridgehead atoms. The summed E-state index contributed by atoms with van der Waals surface area (Å²) in [6, 6.07) is 8.48. The number of nitrogens with one attached hydrogen (secondary N) is 1. The van der Waals surface area contributed by atoms with Crippen LogP contribution in [-0.4, -0.2) is 11.1 Å². The molecule has 0 radical (unpaired) electrons. The highest BCUT2D eigenvalue weighted by Gasteiger charge is 2.40. The van der Waals surface area contributed by atoms with Gasteiger partial charge in [-0.05, 0) is 54.2 Å². The zero-order chi connectivity index (χ0) is 19.3. The first-order valence-corrected chi connectivity index (χ1v) is 8.74. The molecule has 0 spiro atoms. The molecule has 140 valence electrons. The number of hydrogen-bond acceptors (Lipinski definition) is 2. The number of aromatic carboxylic acids is 1. The Labute approximate surface area is 154 Å². The van der Waals surface area contributed by atoms with Crippen LogP contribution in [0.2, 0.25) is 0 Å². The van der Waals surface area contributed by atoms with E-state index in [0.29, 0.717) is 16.8 Å². The summed E-state index contributed by atoms with van der Waals surface area (Å²) in [5, 5.41) is 12.8. The van der Waals surface area contributed by atoms with Crippen LogP contribution in [0.4, 0.5) is 18.9 Å². The lowest BCUT2D eigenvalue weighted by Crippen LogP contribution is -2.30. The van der Waals surface area contributed by atoms with Crippen LogP contribution >= 0.6 is 0 Å². The minimum atomic E-state index is -4.40. The van der Waals surface area contributed by atoms with E-state index in [4.69, 9.17) is 0 Å². The van der Waals surface area contributed by atoms with E-state index in [0.717, 1.165) is 18.1 Å². The highest BCUT2D eigenvalue weighted by atomic mass is 19.4. The van der Waals surface area contributed by atoms with Gasteiger partial charge >= 0.3 is 12.1 Å². The second kappa shape index (κ2) is 6.15. The number of carboxylic acid groups (broad SMARTS) is 1. The van der Waals surface area contributed by atoms with Gasteiger partial charge in [-0.1, -0.05) is 30.4 Å². The Hall–Kier alpha value is -2.76. The van der Waals surface area contributed by atoms with E-state index in [2.05, 4.69) is 11.4 Å². The molecule has 4 rings (SSSR count). The van der Waals surface area contributed by atoms with E-state index in [1.165, 1.54) is 12.1 Å². The molecule has 2 aromatic carbocycles. The van der Waals surface area contributed by atoms with Crippen LogP contribution in [0.25, 0.3) is 0 Å². The first-order valence-electron chi connectivity index (χ1n) is 8.74. The van der Waals surface area contributed by atoms with Crippen molar-refractivity contribution in [1.82, 2.24) is 0 Å². The number of hydrogen-bond donors (Lipinski definition) is 2. The maximum absolute atomic E-state index is 13.1. The summed E-state index contributed by atoms with van der Waals surface area (Å²) in [4.78, 5) is 11.5. The molecule has 0 unspecified atom stereocenters. The molecular weight excluding hydrogens is 355 g/mol.